The summed E-state index contributed by atoms with van der Waals surface area (Å²) < 4.78 is 2.31. The molecule has 0 spiro atoms. The molecule has 8 aromatic rings. The summed E-state index contributed by atoms with van der Waals surface area (Å²) in [6, 6.07) is 48.1. The van der Waals surface area contributed by atoms with Crippen molar-refractivity contribution < 1.29 is 21.1 Å². The number of benzene rings is 5. The first-order valence-electron chi connectivity index (χ1n) is 25.0. The molecule has 0 bridgehead atoms. The zero-order valence-corrected chi connectivity index (χ0v) is 46.1. The minimum Gasteiger partial charge on any atom is -0.358 e. The van der Waals surface area contributed by atoms with Gasteiger partial charge in [0.1, 0.15) is 5.82 Å². The van der Waals surface area contributed by atoms with Crippen molar-refractivity contribution in [2.75, 3.05) is 9.80 Å². The van der Waals surface area contributed by atoms with Crippen molar-refractivity contribution >= 4 is 50.4 Å². The summed E-state index contributed by atoms with van der Waals surface area (Å²) in [7, 11) is 0. The molecule has 0 amide bonds. The number of aromatic nitrogens is 3. The molecule has 0 N–H and O–H groups in total. The van der Waals surface area contributed by atoms with Crippen LogP contribution in [0.5, 0.6) is 0 Å². The summed E-state index contributed by atoms with van der Waals surface area (Å²) in [5, 5.41) is 2.33. The van der Waals surface area contributed by atoms with E-state index in [-0.39, 0.29) is 31.9 Å². The Morgan fingerprint density at radius 2 is 1.33 bits per heavy atom. The number of anilines is 4. The second-order valence-electron chi connectivity index (χ2n) is 22.9. The second-order valence-corrected chi connectivity index (χ2v) is 22.9. The maximum atomic E-state index is 6.07. The Bertz CT molecular complexity index is 3320. The summed E-state index contributed by atoms with van der Waals surface area (Å²) in [4.78, 5) is 21.1. The summed E-state index contributed by atoms with van der Waals surface area (Å²) in [6.45, 7) is 34.9. The van der Waals surface area contributed by atoms with Crippen molar-refractivity contribution in [3.8, 4) is 17.1 Å². The van der Waals surface area contributed by atoms with Crippen LogP contribution in [0.2, 0.25) is 0 Å². The third kappa shape index (κ3) is 7.67. The van der Waals surface area contributed by atoms with E-state index in [2.05, 4.69) is 233 Å². The molecule has 0 saturated heterocycles. The third-order valence-corrected chi connectivity index (χ3v) is 15.8. The Hall–Kier alpha value is -5.84. The average molecular weight is 1100 g/mol. The largest absolute Gasteiger partial charge is 2.00 e. The van der Waals surface area contributed by atoms with Gasteiger partial charge in [0.05, 0.1) is 22.6 Å². The quantitative estimate of drug-likeness (QED) is 0.142. The van der Waals surface area contributed by atoms with E-state index in [0.29, 0.717) is 17.8 Å². The number of para-hydroxylation sites is 2. The summed E-state index contributed by atoms with van der Waals surface area (Å²) in [6.07, 6.45) is 3.84. The molecule has 1 atom stereocenters. The van der Waals surface area contributed by atoms with Crippen LogP contribution >= 0.6 is 0 Å². The number of aliphatic imine (C=N–C) groups is 1. The molecule has 0 radical (unpaired) electrons. The summed E-state index contributed by atoms with van der Waals surface area (Å²) in [5.74, 6) is 2.90. The van der Waals surface area contributed by atoms with Crippen LogP contribution in [0, 0.1) is 50.7 Å². The van der Waals surface area contributed by atoms with Gasteiger partial charge in [-0.05, 0) is 140 Å². The van der Waals surface area contributed by atoms with E-state index in [9.17, 15) is 0 Å². The van der Waals surface area contributed by atoms with E-state index >= 15 is 0 Å². The van der Waals surface area contributed by atoms with Crippen LogP contribution in [0.25, 0.3) is 38.9 Å². The SMILES string of the molecule is Cc1cc(C)c(N2C(c3[c-]c(N4c5[c-]c6c(cc5C(C)(C)c5ccccc54)c4ccccc4n6-c4cc(C(C)(C)C)ccn4)cc(-c4ccccn4)c3)=N[C@](C)(C(C(C)C)C(C)C)C2(C)C)c(C)c1.[Pt+2]. The fourth-order valence-electron chi connectivity index (χ4n) is 12.6. The first-order valence-corrected chi connectivity index (χ1v) is 25.0. The van der Waals surface area contributed by atoms with Gasteiger partial charge < -0.3 is 19.4 Å². The molecule has 70 heavy (non-hydrogen) atoms. The molecule has 3 aromatic heterocycles. The molecule has 0 aliphatic carbocycles. The summed E-state index contributed by atoms with van der Waals surface area (Å²) in [5.41, 5.74) is 15.2. The molecule has 10 rings (SSSR count). The van der Waals surface area contributed by atoms with Crippen LogP contribution in [-0.4, -0.2) is 31.4 Å². The predicted molar refractivity (Wildman–Crippen MR) is 290 cm³/mol. The van der Waals surface area contributed by atoms with Crippen LogP contribution in [0.1, 0.15) is 122 Å². The normalized spacial score (nSPS) is 17.4. The minimum absolute atomic E-state index is 0. The van der Waals surface area contributed by atoms with Gasteiger partial charge in [-0.2, -0.15) is 6.07 Å². The van der Waals surface area contributed by atoms with Gasteiger partial charge in [0.2, 0.25) is 0 Å². The van der Waals surface area contributed by atoms with Gasteiger partial charge in [-0.3, -0.25) is 4.98 Å². The number of hydrogen-bond donors (Lipinski definition) is 0. The van der Waals surface area contributed by atoms with Crippen LogP contribution in [0.3, 0.4) is 0 Å². The van der Waals surface area contributed by atoms with Gasteiger partial charge in [0, 0.05) is 29.3 Å². The van der Waals surface area contributed by atoms with Gasteiger partial charge in [-0.15, -0.1) is 40.8 Å². The molecule has 360 valence electrons. The smallest absolute Gasteiger partial charge is 0.358 e. The van der Waals surface area contributed by atoms with Crippen LogP contribution in [-0.2, 0) is 31.9 Å². The molecule has 0 saturated carbocycles. The average Bonchev–Trinajstić information content (AvgIpc) is 3.72. The standard InChI is InChI=1S/C63H68N6.Pt/c1-38(2)57(39(3)4)63(15)62(13,14)69(58-41(6)30-40(5)31-42(58)7)59(66-63)44-32-43(51-24-20-21-28-64-51)33-46(34-44)67-53-26-19-17-23-49(53)61(11,12)50-36-48-47-22-16-18-25-52(47)68(54(48)37-55(50)67)56-35-45(27-29-65-56)60(8,9)10;/h16-33,35-36,38-39,57H,1-15H3;/q-2;+2/t63-;/m1./s1. The molecular weight excluding hydrogens is 1040 g/mol. The van der Waals surface area contributed by atoms with Crippen molar-refractivity contribution in [1.82, 2.24) is 14.5 Å². The number of nitrogens with zero attached hydrogens (tertiary/aromatic N) is 6. The zero-order valence-electron chi connectivity index (χ0n) is 43.8. The van der Waals surface area contributed by atoms with Crippen molar-refractivity contribution in [3.63, 3.8) is 0 Å². The van der Waals surface area contributed by atoms with Crippen LogP contribution in [0.4, 0.5) is 22.7 Å². The predicted octanol–water partition coefficient (Wildman–Crippen LogP) is 15.9. The molecule has 6 nitrogen and oxygen atoms in total. The van der Waals surface area contributed by atoms with Crippen molar-refractivity contribution in [2.24, 2.45) is 22.7 Å². The van der Waals surface area contributed by atoms with E-state index in [1.807, 2.05) is 18.5 Å². The number of hydrogen-bond acceptors (Lipinski definition) is 5. The molecular formula is C63H68N6Pt. The Morgan fingerprint density at radius 1 is 0.657 bits per heavy atom. The van der Waals surface area contributed by atoms with Gasteiger partial charge in [-0.1, -0.05) is 139 Å². The molecule has 7 heteroatoms. The van der Waals surface area contributed by atoms with Crippen molar-refractivity contribution in [1.29, 1.82) is 0 Å². The van der Waals surface area contributed by atoms with E-state index in [0.717, 1.165) is 62.0 Å². The second kappa shape index (κ2) is 17.5. The Morgan fingerprint density at radius 3 is 2.00 bits per heavy atom. The van der Waals surface area contributed by atoms with E-state index in [1.165, 1.54) is 44.5 Å². The molecule has 0 unspecified atom stereocenters. The Kier molecular flexibility index (Phi) is 12.3. The number of amidine groups is 1. The van der Waals surface area contributed by atoms with Crippen molar-refractivity contribution in [3.05, 3.63) is 173 Å². The van der Waals surface area contributed by atoms with Crippen molar-refractivity contribution in [2.45, 2.75) is 126 Å². The molecule has 0 fully saturated rings. The van der Waals surface area contributed by atoms with E-state index in [4.69, 9.17) is 15.0 Å². The molecule has 5 aromatic carbocycles. The van der Waals surface area contributed by atoms with E-state index in [1.54, 1.807) is 0 Å². The number of rotatable bonds is 8. The Labute approximate surface area is 431 Å². The van der Waals surface area contributed by atoms with Gasteiger partial charge in [0.15, 0.2) is 0 Å². The molecule has 2 aliphatic rings. The fourth-order valence-corrected chi connectivity index (χ4v) is 12.6. The number of aryl methyl sites for hydroxylation is 3. The third-order valence-electron chi connectivity index (χ3n) is 15.8. The first kappa shape index (κ1) is 49.2. The van der Waals surface area contributed by atoms with Gasteiger partial charge >= 0.3 is 21.1 Å². The van der Waals surface area contributed by atoms with Crippen LogP contribution < -0.4 is 9.80 Å². The monoisotopic (exact) mass is 1100 g/mol. The minimum atomic E-state index is -0.455. The number of pyridine rings is 2. The molecule has 2 aliphatic heterocycles. The Balaban J connectivity index is 0.00000608. The number of fused-ring (bicyclic) bond motifs is 5. The first-order chi connectivity index (χ1) is 32.6. The topological polar surface area (TPSA) is 49.5 Å². The van der Waals surface area contributed by atoms with E-state index < -0.39 is 11.1 Å². The van der Waals surface area contributed by atoms with Gasteiger partial charge in [-0.25, -0.2) is 4.98 Å². The fraction of sp³-hybridized carbons (Fsp3) is 0.349. The summed E-state index contributed by atoms with van der Waals surface area (Å²) >= 11 is 0. The zero-order chi connectivity index (χ0) is 49.1. The van der Waals surface area contributed by atoms with Crippen LogP contribution in [0.15, 0.2) is 127 Å². The maximum absolute atomic E-state index is 6.07. The maximum Gasteiger partial charge on any atom is 2.00 e. The molecule has 5 heterocycles. The van der Waals surface area contributed by atoms with Gasteiger partial charge in [0.25, 0.3) is 0 Å².